The van der Waals surface area contributed by atoms with Crippen LogP contribution < -0.4 is 0 Å². The smallest absolute Gasteiger partial charge is 0.330 e. The predicted molar refractivity (Wildman–Crippen MR) is 92.8 cm³/mol. The van der Waals surface area contributed by atoms with Crippen LogP contribution in [0, 0.1) is 0 Å². The molecule has 1 atom stereocenters. The Morgan fingerprint density at radius 3 is 1.77 bits per heavy atom. The fourth-order valence-electron chi connectivity index (χ4n) is 2.78. The van der Waals surface area contributed by atoms with Crippen molar-refractivity contribution in [3.63, 3.8) is 0 Å². The van der Waals surface area contributed by atoms with Crippen molar-refractivity contribution in [3.05, 3.63) is 0 Å². The molecule has 0 radical (unpaired) electrons. The van der Waals surface area contributed by atoms with Gasteiger partial charge in [-0.15, -0.1) is 10.1 Å². The van der Waals surface area contributed by atoms with E-state index in [0.717, 1.165) is 0 Å². The lowest BCUT2D eigenvalue weighted by Gasteiger charge is -2.17. The highest BCUT2D eigenvalue weighted by atomic mass is 32.2. The summed E-state index contributed by atoms with van der Waals surface area (Å²) in [6, 6.07) is 0. The Labute approximate surface area is 170 Å². The van der Waals surface area contributed by atoms with Gasteiger partial charge in [-0.25, -0.2) is 9.59 Å². The molecule has 0 bridgehead atoms. The number of nitrogens with zero attached hydrogens (tertiary/aromatic N) is 2. The summed E-state index contributed by atoms with van der Waals surface area (Å²) in [6.07, 6.45) is -0.483. The molecule has 0 aliphatic carbocycles. The lowest BCUT2D eigenvalue weighted by Crippen LogP contribution is -2.39. The summed E-state index contributed by atoms with van der Waals surface area (Å²) < 4.78 is 32.2. The number of unbranched alkanes of at least 4 members (excludes halogenated alkanes) is 2. The van der Waals surface area contributed by atoms with Gasteiger partial charge in [0.05, 0.1) is 0 Å². The van der Waals surface area contributed by atoms with E-state index in [-0.39, 0.29) is 62.9 Å². The molecule has 4 amide bonds. The first-order valence-electron chi connectivity index (χ1n) is 9.11. The number of hydroxylamine groups is 4. The number of imide groups is 2. The second-order valence-corrected chi connectivity index (χ2v) is 8.24. The number of hydrogen-bond acceptors (Lipinski definition) is 10. The van der Waals surface area contributed by atoms with Crippen LogP contribution in [0.15, 0.2) is 0 Å². The molecule has 1 unspecified atom stereocenters. The first kappa shape index (κ1) is 23.4. The lowest BCUT2D eigenvalue weighted by atomic mass is 10.1. The molecule has 0 saturated carbocycles. The quantitative estimate of drug-likeness (QED) is 0.256. The minimum Gasteiger partial charge on any atom is -0.330 e. The molecule has 2 fully saturated rings. The molecule has 0 aromatic heterocycles. The molecule has 14 heteroatoms. The maximum atomic E-state index is 12.0. The minimum absolute atomic E-state index is 0.0339. The number of amides is 4. The first-order valence-corrected chi connectivity index (χ1v) is 10.6. The Morgan fingerprint density at radius 1 is 0.833 bits per heavy atom. The van der Waals surface area contributed by atoms with E-state index in [0.29, 0.717) is 5.06 Å². The van der Waals surface area contributed by atoms with Crippen molar-refractivity contribution < 1.29 is 51.4 Å². The van der Waals surface area contributed by atoms with Crippen LogP contribution in [0.4, 0.5) is 0 Å². The van der Waals surface area contributed by atoms with Crippen molar-refractivity contribution in [2.75, 3.05) is 0 Å². The SMILES string of the molecule is O=C(CCCCCC(C(=O)ON1C(=O)CCC1=O)S(=O)(=O)O)ON1C(=O)CCC1=O. The van der Waals surface area contributed by atoms with Gasteiger partial charge in [0.1, 0.15) is 0 Å². The van der Waals surface area contributed by atoms with Crippen LogP contribution in [-0.4, -0.2) is 63.9 Å². The van der Waals surface area contributed by atoms with E-state index in [4.69, 9.17) is 0 Å². The van der Waals surface area contributed by atoms with Gasteiger partial charge in [0.2, 0.25) is 0 Å². The molecule has 2 heterocycles. The van der Waals surface area contributed by atoms with E-state index in [1.165, 1.54) is 0 Å². The van der Waals surface area contributed by atoms with Crippen LogP contribution in [0.5, 0.6) is 0 Å². The van der Waals surface area contributed by atoms with Gasteiger partial charge in [-0.1, -0.05) is 12.8 Å². The third-order valence-corrected chi connectivity index (χ3v) is 5.50. The molecule has 2 rings (SSSR count). The zero-order valence-corrected chi connectivity index (χ0v) is 16.6. The lowest BCUT2D eigenvalue weighted by molar-refractivity contribution is -0.197. The standard InChI is InChI=1S/C16H20N2O11S/c19-11-6-7-12(20)17(11)28-15(23)5-3-1-2-4-10(30(25,26)27)16(24)29-18-13(21)8-9-14(18)22/h10H,1-9H2,(H,25,26,27). The highest BCUT2D eigenvalue weighted by Crippen LogP contribution is 2.18. The van der Waals surface area contributed by atoms with Crippen LogP contribution >= 0.6 is 0 Å². The first-order chi connectivity index (χ1) is 14.0. The van der Waals surface area contributed by atoms with Gasteiger partial charge >= 0.3 is 11.9 Å². The maximum Gasteiger partial charge on any atom is 0.353 e. The fourth-order valence-corrected chi connectivity index (χ4v) is 3.53. The molecule has 2 aliphatic heterocycles. The molecule has 30 heavy (non-hydrogen) atoms. The largest absolute Gasteiger partial charge is 0.353 e. The van der Waals surface area contributed by atoms with E-state index >= 15 is 0 Å². The highest BCUT2D eigenvalue weighted by molar-refractivity contribution is 7.87. The Morgan fingerprint density at radius 2 is 1.30 bits per heavy atom. The Balaban J connectivity index is 1.77. The average molecular weight is 448 g/mol. The molecule has 0 aromatic carbocycles. The fraction of sp³-hybridized carbons (Fsp3) is 0.625. The van der Waals surface area contributed by atoms with Crippen molar-refractivity contribution in [2.24, 2.45) is 0 Å². The normalized spacial score (nSPS) is 18.2. The second-order valence-electron chi connectivity index (χ2n) is 6.64. The van der Waals surface area contributed by atoms with Crippen LogP contribution in [0.2, 0.25) is 0 Å². The summed E-state index contributed by atoms with van der Waals surface area (Å²) in [7, 11) is -4.87. The monoisotopic (exact) mass is 448 g/mol. The third-order valence-electron chi connectivity index (χ3n) is 4.36. The third kappa shape index (κ3) is 6.06. The van der Waals surface area contributed by atoms with Gasteiger partial charge in [0.25, 0.3) is 33.7 Å². The molecule has 0 aromatic rings. The van der Waals surface area contributed by atoms with Gasteiger partial charge in [-0.05, 0) is 12.8 Å². The van der Waals surface area contributed by atoms with Crippen molar-refractivity contribution in [2.45, 2.75) is 63.0 Å². The van der Waals surface area contributed by atoms with Gasteiger partial charge < -0.3 is 9.68 Å². The van der Waals surface area contributed by atoms with E-state index in [1.54, 1.807) is 0 Å². The highest BCUT2D eigenvalue weighted by Gasteiger charge is 2.39. The summed E-state index contributed by atoms with van der Waals surface area (Å²) >= 11 is 0. The molecule has 13 nitrogen and oxygen atoms in total. The number of carbonyl (C=O) groups is 6. The Bertz CT molecular complexity index is 834. The van der Waals surface area contributed by atoms with E-state index in [1.807, 2.05) is 0 Å². The number of rotatable bonds is 10. The van der Waals surface area contributed by atoms with E-state index in [2.05, 4.69) is 9.68 Å². The Kier molecular flexibility index (Phi) is 7.61. The van der Waals surface area contributed by atoms with Crippen molar-refractivity contribution in [3.8, 4) is 0 Å². The molecule has 2 aliphatic rings. The summed E-state index contributed by atoms with van der Waals surface area (Å²) in [5.74, 6) is -5.11. The van der Waals surface area contributed by atoms with Crippen LogP contribution in [0.25, 0.3) is 0 Å². The minimum atomic E-state index is -4.87. The summed E-state index contributed by atoms with van der Waals surface area (Å²) in [4.78, 5) is 78.5. The average Bonchev–Trinajstić information content (AvgIpc) is 3.13. The molecule has 0 spiro atoms. The van der Waals surface area contributed by atoms with Crippen molar-refractivity contribution in [1.29, 1.82) is 0 Å². The van der Waals surface area contributed by atoms with Crippen molar-refractivity contribution in [1.82, 2.24) is 10.1 Å². The topological polar surface area (TPSA) is 182 Å². The van der Waals surface area contributed by atoms with Gasteiger partial charge in [0, 0.05) is 32.1 Å². The molecule has 166 valence electrons. The zero-order valence-electron chi connectivity index (χ0n) is 15.8. The van der Waals surface area contributed by atoms with E-state index in [9.17, 15) is 41.7 Å². The predicted octanol–water partition coefficient (Wildman–Crippen LogP) is -0.592. The zero-order chi connectivity index (χ0) is 22.5. The van der Waals surface area contributed by atoms with Gasteiger partial charge in [-0.3, -0.25) is 23.7 Å². The van der Waals surface area contributed by atoms with E-state index < -0.39 is 50.9 Å². The van der Waals surface area contributed by atoms with Crippen LogP contribution in [0.3, 0.4) is 0 Å². The Hall–Kier alpha value is -2.87. The summed E-state index contributed by atoms with van der Waals surface area (Å²) in [6.45, 7) is 0. The van der Waals surface area contributed by atoms with Crippen LogP contribution in [0.1, 0.15) is 57.8 Å². The summed E-state index contributed by atoms with van der Waals surface area (Å²) in [5, 5.41) is -1.42. The number of carbonyl (C=O) groups excluding carboxylic acids is 6. The summed E-state index contributed by atoms with van der Waals surface area (Å²) in [5.41, 5.74) is 0. The van der Waals surface area contributed by atoms with Crippen LogP contribution in [-0.2, 0) is 48.6 Å². The molecular formula is C16H20N2O11S. The molecule has 1 N–H and O–H groups in total. The van der Waals surface area contributed by atoms with Gasteiger partial charge in [0.15, 0.2) is 5.25 Å². The second kappa shape index (κ2) is 9.75. The molecule has 2 saturated heterocycles. The van der Waals surface area contributed by atoms with Crippen molar-refractivity contribution >= 4 is 45.7 Å². The molecular weight excluding hydrogens is 428 g/mol. The van der Waals surface area contributed by atoms with Gasteiger partial charge in [-0.2, -0.15) is 8.42 Å². The maximum absolute atomic E-state index is 12.0. The number of hydrogen-bond donors (Lipinski definition) is 1.